The predicted molar refractivity (Wildman–Crippen MR) is 118 cm³/mol. The third kappa shape index (κ3) is 4.89. The normalized spacial score (nSPS) is 20.7. The number of aliphatic imine (C=N–C) groups is 2. The molecule has 1 aromatic rings. The van der Waals surface area contributed by atoms with Gasteiger partial charge in [-0.05, 0) is 41.2 Å². The third-order valence-electron chi connectivity index (χ3n) is 4.83. The van der Waals surface area contributed by atoms with Gasteiger partial charge >= 0.3 is 0 Å². The summed E-state index contributed by atoms with van der Waals surface area (Å²) < 4.78 is 13.4. The van der Waals surface area contributed by atoms with Gasteiger partial charge in [-0.1, -0.05) is 32.2 Å². The lowest BCUT2D eigenvalue weighted by Gasteiger charge is -2.29. The third-order valence-corrected chi connectivity index (χ3v) is 5.55. The number of halogens is 1. The number of aliphatic hydroxyl groups excluding tert-OH is 1. The molecule has 0 bridgehead atoms. The van der Waals surface area contributed by atoms with Crippen LogP contribution in [0.3, 0.4) is 0 Å². The molecule has 6 nitrogen and oxygen atoms in total. The highest BCUT2D eigenvalue weighted by atomic mass is 32.2. The summed E-state index contributed by atoms with van der Waals surface area (Å²) in [4.78, 5) is 11.0. The molecule has 0 radical (unpaired) electrons. The Balaban J connectivity index is 1.99. The predicted octanol–water partition coefficient (Wildman–Crippen LogP) is 3.25. The first kappa shape index (κ1) is 21.1. The number of rotatable bonds is 6. The molecule has 2 aliphatic rings. The van der Waals surface area contributed by atoms with Crippen molar-refractivity contribution in [3.8, 4) is 0 Å². The summed E-state index contributed by atoms with van der Waals surface area (Å²) >= 11 is 1.50. The van der Waals surface area contributed by atoms with Gasteiger partial charge in [0.2, 0.25) is 5.96 Å². The first-order valence-electron chi connectivity index (χ1n) is 9.45. The molecule has 0 spiro atoms. The van der Waals surface area contributed by atoms with Gasteiger partial charge < -0.3 is 21.1 Å². The van der Waals surface area contributed by atoms with Crippen LogP contribution in [0, 0.1) is 11.7 Å². The molecule has 2 atom stereocenters. The summed E-state index contributed by atoms with van der Waals surface area (Å²) in [5.74, 6) is 0.359. The monoisotopic (exact) mass is 415 g/mol. The Labute approximate surface area is 174 Å². The average molecular weight is 416 g/mol. The number of hydrogen-bond donors (Lipinski definition) is 3. The lowest BCUT2D eigenvalue weighted by molar-refractivity contribution is 0.225. The molecule has 2 aliphatic heterocycles. The quantitative estimate of drug-likeness (QED) is 0.664. The number of nitrogens with one attached hydrogen (secondary N) is 1. The summed E-state index contributed by atoms with van der Waals surface area (Å²) in [5.41, 5.74) is 8.52. The van der Waals surface area contributed by atoms with Crippen LogP contribution >= 0.6 is 11.8 Å². The van der Waals surface area contributed by atoms with Gasteiger partial charge in [0.05, 0.1) is 29.1 Å². The summed E-state index contributed by atoms with van der Waals surface area (Å²) in [6.45, 7) is 8.12. The molecule has 0 saturated heterocycles. The number of benzene rings is 1. The van der Waals surface area contributed by atoms with E-state index in [9.17, 15) is 9.50 Å². The molecule has 8 heteroatoms. The molecule has 3 rings (SSSR count). The fourth-order valence-corrected chi connectivity index (χ4v) is 3.69. The molecular weight excluding hydrogens is 389 g/mol. The van der Waals surface area contributed by atoms with Crippen LogP contribution in [0.2, 0.25) is 0 Å². The van der Waals surface area contributed by atoms with Crippen molar-refractivity contribution in [1.82, 2.24) is 10.2 Å². The Hall–Kier alpha value is -2.58. The average Bonchev–Trinajstić information content (AvgIpc) is 3.12. The number of nitrogens with two attached hydrogens (primary N) is 1. The van der Waals surface area contributed by atoms with Crippen LogP contribution in [0.1, 0.15) is 25.8 Å². The molecule has 0 aliphatic carbocycles. The van der Waals surface area contributed by atoms with Crippen LogP contribution in [0.5, 0.6) is 0 Å². The Morgan fingerprint density at radius 2 is 2.14 bits per heavy atom. The molecular formula is C21H26FN5OS. The van der Waals surface area contributed by atoms with E-state index in [0.717, 1.165) is 10.7 Å². The van der Waals surface area contributed by atoms with Crippen molar-refractivity contribution in [2.45, 2.75) is 32.4 Å². The van der Waals surface area contributed by atoms with Gasteiger partial charge in [-0.2, -0.15) is 0 Å². The number of nitrogens with zero attached hydrogens (tertiary/aromatic N) is 3. The highest BCUT2D eigenvalue weighted by Crippen LogP contribution is 2.36. The largest absolute Gasteiger partial charge is 0.397 e. The molecule has 154 valence electrons. The fraction of sp³-hybridized carbons (Fsp3) is 0.333. The van der Waals surface area contributed by atoms with E-state index in [1.54, 1.807) is 18.3 Å². The van der Waals surface area contributed by atoms with Gasteiger partial charge in [-0.25, -0.2) is 14.4 Å². The van der Waals surface area contributed by atoms with Crippen molar-refractivity contribution in [2.24, 2.45) is 21.6 Å². The number of aliphatic hydroxyl groups is 1. The molecule has 1 aromatic carbocycles. The van der Waals surface area contributed by atoms with Crippen LogP contribution in [0.4, 0.5) is 4.39 Å². The standard InChI is InChI=1S/C21H26FN5OS/c1-13(2)18(12-28)26-21-24-9-8-17(25-21)20(27-10-11-29-14(27)3)19(23)15-4-6-16(22)7-5-15/h4-7,9-11,13,17-18,28H,3,8,12,23H2,1-2H3,(H,25,26)/b20-19-. The molecule has 0 aromatic heterocycles. The summed E-state index contributed by atoms with van der Waals surface area (Å²) in [7, 11) is 0. The Morgan fingerprint density at radius 1 is 1.41 bits per heavy atom. The molecule has 4 N–H and O–H groups in total. The fourth-order valence-electron chi connectivity index (χ4n) is 3.08. The van der Waals surface area contributed by atoms with E-state index in [-0.39, 0.29) is 30.4 Å². The van der Waals surface area contributed by atoms with Gasteiger partial charge in [0.1, 0.15) is 11.9 Å². The van der Waals surface area contributed by atoms with Gasteiger partial charge in [0, 0.05) is 18.8 Å². The van der Waals surface area contributed by atoms with Crippen molar-refractivity contribution >= 4 is 29.6 Å². The Morgan fingerprint density at radius 3 is 2.72 bits per heavy atom. The zero-order valence-corrected chi connectivity index (χ0v) is 17.4. The minimum absolute atomic E-state index is 0.0143. The maximum Gasteiger partial charge on any atom is 0.218 e. The molecule has 2 heterocycles. The van der Waals surface area contributed by atoms with Crippen LogP contribution in [-0.4, -0.2) is 40.9 Å². The van der Waals surface area contributed by atoms with Crippen LogP contribution in [0.25, 0.3) is 5.70 Å². The highest BCUT2D eigenvalue weighted by Gasteiger charge is 2.28. The van der Waals surface area contributed by atoms with E-state index in [4.69, 9.17) is 10.7 Å². The zero-order valence-electron chi connectivity index (χ0n) is 16.5. The van der Waals surface area contributed by atoms with Crippen LogP contribution in [0.15, 0.2) is 63.2 Å². The van der Waals surface area contributed by atoms with Crippen molar-refractivity contribution < 1.29 is 9.50 Å². The second kappa shape index (κ2) is 9.28. The van der Waals surface area contributed by atoms with E-state index in [0.29, 0.717) is 23.6 Å². The van der Waals surface area contributed by atoms with Crippen LogP contribution < -0.4 is 11.1 Å². The van der Waals surface area contributed by atoms with Gasteiger partial charge in [-0.3, -0.25) is 0 Å². The van der Waals surface area contributed by atoms with Crippen molar-refractivity contribution in [3.05, 3.63) is 64.6 Å². The van der Waals surface area contributed by atoms with E-state index in [1.165, 1.54) is 23.9 Å². The smallest absolute Gasteiger partial charge is 0.218 e. The second-order valence-electron chi connectivity index (χ2n) is 7.17. The van der Waals surface area contributed by atoms with Gasteiger partial charge in [0.15, 0.2) is 0 Å². The summed E-state index contributed by atoms with van der Waals surface area (Å²) in [6.07, 6.45) is 4.26. The topological polar surface area (TPSA) is 86.2 Å². The number of guanidine groups is 1. The first-order valence-corrected chi connectivity index (χ1v) is 10.3. The van der Waals surface area contributed by atoms with Crippen molar-refractivity contribution in [3.63, 3.8) is 0 Å². The zero-order chi connectivity index (χ0) is 21.0. The maximum atomic E-state index is 13.4. The SMILES string of the molecule is C=C1SC=CN1/C(=C(\N)c1ccc(F)cc1)C1CC=NC(NC(CO)C(C)C)=N1. The lowest BCUT2D eigenvalue weighted by Crippen LogP contribution is -2.42. The Bertz CT molecular complexity index is 876. The second-order valence-corrected chi connectivity index (χ2v) is 8.14. The summed E-state index contributed by atoms with van der Waals surface area (Å²) in [5, 5.41) is 15.6. The molecule has 29 heavy (non-hydrogen) atoms. The Kier molecular flexibility index (Phi) is 6.76. The minimum Gasteiger partial charge on any atom is -0.397 e. The van der Waals surface area contributed by atoms with Gasteiger partial charge in [-0.15, -0.1) is 0 Å². The van der Waals surface area contributed by atoms with E-state index in [2.05, 4.69) is 16.9 Å². The molecule has 0 amide bonds. The lowest BCUT2D eigenvalue weighted by atomic mass is 10.0. The van der Waals surface area contributed by atoms with Crippen molar-refractivity contribution in [1.29, 1.82) is 0 Å². The van der Waals surface area contributed by atoms with Crippen LogP contribution in [-0.2, 0) is 0 Å². The van der Waals surface area contributed by atoms with Gasteiger partial charge in [0.25, 0.3) is 0 Å². The first-order chi connectivity index (χ1) is 13.9. The van der Waals surface area contributed by atoms with Crippen molar-refractivity contribution in [2.75, 3.05) is 6.61 Å². The van der Waals surface area contributed by atoms with E-state index < -0.39 is 0 Å². The molecule has 0 saturated carbocycles. The number of hydrogen-bond acceptors (Lipinski definition) is 7. The van der Waals surface area contributed by atoms with E-state index >= 15 is 0 Å². The van der Waals surface area contributed by atoms with E-state index in [1.807, 2.05) is 30.4 Å². The highest BCUT2D eigenvalue weighted by molar-refractivity contribution is 8.06. The maximum absolute atomic E-state index is 13.4. The number of thioether (sulfide) groups is 1. The molecule has 0 fully saturated rings. The minimum atomic E-state index is -0.317. The summed E-state index contributed by atoms with van der Waals surface area (Å²) in [6, 6.07) is 5.63. The molecule has 2 unspecified atom stereocenters.